The zero-order valence-corrected chi connectivity index (χ0v) is 10.4. The van der Waals surface area contributed by atoms with E-state index in [9.17, 15) is 4.79 Å². The molecule has 2 amide bonds. The normalized spacial score (nSPS) is 9.89. The van der Waals surface area contributed by atoms with Crippen LogP contribution in [0.1, 0.15) is 5.56 Å². The lowest BCUT2D eigenvalue weighted by Gasteiger charge is -2.03. The summed E-state index contributed by atoms with van der Waals surface area (Å²) in [4.78, 5) is 15.4. The second-order valence-electron chi connectivity index (χ2n) is 3.88. The molecule has 2 aromatic rings. The van der Waals surface area contributed by atoms with Gasteiger partial charge in [0.05, 0.1) is 6.54 Å². The minimum absolute atomic E-state index is 0.300. The Balaban J connectivity index is 1.92. The Morgan fingerprint density at radius 2 is 2.37 bits per heavy atom. The molecule has 2 heterocycles. The molecular formula is C13H15N5O. The van der Waals surface area contributed by atoms with E-state index in [0.29, 0.717) is 18.9 Å². The van der Waals surface area contributed by atoms with Gasteiger partial charge >= 0.3 is 6.03 Å². The van der Waals surface area contributed by atoms with Gasteiger partial charge in [-0.3, -0.25) is 15.0 Å². The van der Waals surface area contributed by atoms with Crippen LogP contribution in [-0.2, 0) is 6.54 Å². The number of hydrogen-bond acceptors (Lipinski definition) is 3. The third-order valence-corrected chi connectivity index (χ3v) is 2.36. The molecule has 0 radical (unpaired) electrons. The highest BCUT2D eigenvalue weighted by Gasteiger charge is 2.03. The maximum absolute atomic E-state index is 11.4. The summed E-state index contributed by atoms with van der Waals surface area (Å²) in [6, 6.07) is 5.29. The fourth-order valence-corrected chi connectivity index (χ4v) is 1.52. The van der Waals surface area contributed by atoms with E-state index in [1.807, 2.05) is 12.1 Å². The predicted octanol–water partition coefficient (Wildman–Crippen LogP) is 1.63. The number of nitrogens with zero attached hydrogens (tertiary/aromatic N) is 3. The SMILES string of the molecule is C=CCNC(=O)Nc1ccn(Cc2cccnc2)n1. The second kappa shape index (κ2) is 6.34. The third-order valence-electron chi connectivity index (χ3n) is 2.36. The molecule has 0 aliphatic carbocycles. The highest BCUT2D eigenvalue weighted by molar-refractivity contribution is 5.88. The third kappa shape index (κ3) is 3.95. The fraction of sp³-hybridized carbons (Fsp3) is 0.154. The molecular weight excluding hydrogens is 242 g/mol. The van der Waals surface area contributed by atoms with Gasteiger partial charge in [0.1, 0.15) is 0 Å². The molecule has 0 spiro atoms. The average molecular weight is 257 g/mol. The van der Waals surface area contributed by atoms with Gasteiger partial charge in [0.15, 0.2) is 5.82 Å². The van der Waals surface area contributed by atoms with Crippen LogP contribution in [0.2, 0.25) is 0 Å². The van der Waals surface area contributed by atoms with Crippen molar-refractivity contribution in [2.75, 3.05) is 11.9 Å². The monoisotopic (exact) mass is 257 g/mol. The molecule has 0 atom stereocenters. The molecule has 0 fully saturated rings. The van der Waals surface area contributed by atoms with Crippen LogP contribution < -0.4 is 10.6 Å². The van der Waals surface area contributed by atoms with Crippen LogP contribution in [-0.4, -0.2) is 27.3 Å². The molecule has 0 aromatic carbocycles. The fourth-order valence-electron chi connectivity index (χ4n) is 1.52. The Bertz CT molecular complexity index is 549. The van der Waals surface area contributed by atoms with E-state index in [1.54, 1.807) is 35.4 Å². The number of carbonyl (C=O) groups is 1. The van der Waals surface area contributed by atoms with Gasteiger partial charge in [-0.25, -0.2) is 4.79 Å². The van der Waals surface area contributed by atoms with Crippen LogP contribution in [0.15, 0.2) is 49.4 Å². The van der Waals surface area contributed by atoms with E-state index in [0.717, 1.165) is 5.56 Å². The van der Waals surface area contributed by atoms with Crippen molar-refractivity contribution in [3.8, 4) is 0 Å². The highest BCUT2D eigenvalue weighted by Crippen LogP contribution is 2.05. The van der Waals surface area contributed by atoms with Gasteiger partial charge in [-0.1, -0.05) is 12.1 Å². The molecule has 2 aromatic heterocycles. The number of anilines is 1. The largest absolute Gasteiger partial charge is 0.334 e. The molecule has 0 unspecified atom stereocenters. The van der Waals surface area contributed by atoms with Crippen LogP contribution in [0.4, 0.5) is 10.6 Å². The topological polar surface area (TPSA) is 71.8 Å². The highest BCUT2D eigenvalue weighted by atomic mass is 16.2. The molecule has 98 valence electrons. The first kappa shape index (κ1) is 12.8. The van der Waals surface area contributed by atoms with Gasteiger partial charge in [0.2, 0.25) is 0 Å². The van der Waals surface area contributed by atoms with Crippen molar-refractivity contribution in [2.45, 2.75) is 6.54 Å². The molecule has 0 saturated heterocycles. The molecule has 0 aliphatic rings. The van der Waals surface area contributed by atoms with Crippen LogP contribution in [0, 0.1) is 0 Å². The maximum atomic E-state index is 11.4. The minimum atomic E-state index is -0.300. The van der Waals surface area contributed by atoms with Crippen molar-refractivity contribution in [3.63, 3.8) is 0 Å². The number of nitrogens with one attached hydrogen (secondary N) is 2. The van der Waals surface area contributed by atoms with Crippen LogP contribution >= 0.6 is 0 Å². The molecule has 6 nitrogen and oxygen atoms in total. The second-order valence-corrected chi connectivity index (χ2v) is 3.88. The zero-order chi connectivity index (χ0) is 13.5. The predicted molar refractivity (Wildman–Crippen MR) is 72.8 cm³/mol. The smallest absolute Gasteiger partial charge is 0.320 e. The Hall–Kier alpha value is -2.63. The van der Waals surface area contributed by atoms with Gasteiger partial charge in [0, 0.05) is 31.2 Å². The Kier molecular flexibility index (Phi) is 4.28. The summed E-state index contributed by atoms with van der Waals surface area (Å²) >= 11 is 0. The van der Waals surface area contributed by atoms with Crippen molar-refractivity contribution in [2.24, 2.45) is 0 Å². The van der Waals surface area contributed by atoms with E-state index < -0.39 is 0 Å². The first-order valence-corrected chi connectivity index (χ1v) is 5.86. The Morgan fingerprint density at radius 1 is 1.47 bits per heavy atom. The first-order chi connectivity index (χ1) is 9.28. The first-order valence-electron chi connectivity index (χ1n) is 5.86. The van der Waals surface area contributed by atoms with Crippen molar-refractivity contribution >= 4 is 11.8 Å². The summed E-state index contributed by atoms with van der Waals surface area (Å²) in [6.07, 6.45) is 6.92. The van der Waals surface area contributed by atoms with E-state index in [2.05, 4.69) is 27.3 Å². The lowest BCUT2D eigenvalue weighted by Crippen LogP contribution is -2.28. The summed E-state index contributed by atoms with van der Waals surface area (Å²) in [5, 5.41) is 9.49. The maximum Gasteiger partial charge on any atom is 0.320 e. The van der Waals surface area contributed by atoms with Gasteiger partial charge in [-0.2, -0.15) is 5.10 Å². The summed E-state index contributed by atoms with van der Waals surface area (Å²) in [7, 11) is 0. The molecule has 2 rings (SSSR count). The van der Waals surface area contributed by atoms with Crippen LogP contribution in [0.5, 0.6) is 0 Å². The standard InChI is InChI=1S/C13H15N5O/c1-2-6-15-13(19)16-12-5-8-18(17-12)10-11-4-3-7-14-9-11/h2-5,7-9H,1,6,10H2,(H2,15,16,17,19). The van der Waals surface area contributed by atoms with E-state index >= 15 is 0 Å². The molecule has 0 aliphatic heterocycles. The van der Waals surface area contributed by atoms with Crippen LogP contribution in [0.25, 0.3) is 0 Å². The van der Waals surface area contributed by atoms with E-state index in [1.165, 1.54) is 0 Å². The van der Waals surface area contributed by atoms with Crippen molar-refractivity contribution in [1.82, 2.24) is 20.1 Å². The quantitative estimate of drug-likeness (QED) is 0.800. The number of amides is 2. The molecule has 6 heteroatoms. The lowest BCUT2D eigenvalue weighted by molar-refractivity contribution is 0.253. The summed E-state index contributed by atoms with van der Waals surface area (Å²) in [6.45, 7) is 4.56. The molecule has 2 N–H and O–H groups in total. The Morgan fingerprint density at radius 3 is 3.11 bits per heavy atom. The van der Waals surface area contributed by atoms with Gasteiger partial charge < -0.3 is 5.32 Å². The number of aromatic nitrogens is 3. The van der Waals surface area contributed by atoms with Gasteiger partial charge in [-0.15, -0.1) is 6.58 Å². The summed E-state index contributed by atoms with van der Waals surface area (Å²) in [5.41, 5.74) is 1.05. The van der Waals surface area contributed by atoms with Crippen molar-refractivity contribution < 1.29 is 4.79 Å². The van der Waals surface area contributed by atoms with E-state index in [4.69, 9.17) is 0 Å². The lowest BCUT2D eigenvalue weighted by atomic mass is 10.3. The summed E-state index contributed by atoms with van der Waals surface area (Å²) < 4.78 is 1.74. The number of carbonyl (C=O) groups excluding carboxylic acids is 1. The molecule has 0 saturated carbocycles. The van der Waals surface area contributed by atoms with Crippen LogP contribution in [0.3, 0.4) is 0 Å². The summed E-state index contributed by atoms with van der Waals surface area (Å²) in [5.74, 6) is 0.505. The average Bonchev–Trinajstić information content (AvgIpc) is 2.85. The zero-order valence-electron chi connectivity index (χ0n) is 10.4. The molecule has 19 heavy (non-hydrogen) atoms. The number of hydrogen-bond donors (Lipinski definition) is 2. The number of rotatable bonds is 5. The number of urea groups is 1. The van der Waals surface area contributed by atoms with Crippen molar-refractivity contribution in [1.29, 1.82) is 0 Å². The van der Waals surface area contributed by atoms with Gasteiger partial charge in [-0.05, 0) is 11.6 Å². The van der Waals surface area contributed by atoms with Gasteiger partial charge in [0.25, 0.3) is 0 Å². The number of pyridine rings is 1. The van der Waals surface area contributed by atoms with Crippen molar-refractivity contribution in [3.05, 3.63) is 55.0 Å². The van der Waals surface area contributed by atoms with E-state index in [-0.39, 0.29) is 6.03 Å². The Labute approximate surface area is 111 Å². The molecule has 0 bridgehead atoms. The minimum Gasteiger partial charge on any atom is -0.334 e.